The van der Waals surface area contributed by atoms with Crippen molar-refractivity contribution >= 4 is 28.5 Å². The Morgan fingerprint density at radius 1 is 1.38 bits per heavy atom. The van der Waals surface area contributed by atoms with E-state index in [9.17, 15) is 18.0 Å². The van der Waals surface area contributed by atoms with Crippen LogP contribution in [0.2, 0.25) is 0 Å². The van der Waals surface area contributed by atoms with Crippen LogP contribution in [0.15, 0.2) is 18.2 Å². The number of carbonyl (C=O) groups is 1. The molecule has 0 amide bonds. The quantitative estimate of drug-likeness (QED) is 0.679. The summed E-state index contributed by atoms with van der Waals surface area (Å²) in [6, 6.07) is 3.30. The Balaban J connectivity index is 2.61. The van der Waals surface area contributed by atoms with Crippen molar-refractivity contribution in [1.29, 1.82) is 0 Å². The number of fused-ring (bicyclic) bond motifs is 1. The van der Waals surface area contributed by atoms with Gasteiger partial charge in [-0.05, 0) is 37.1 Å². The van der Waals surface area contributed by atoms with Crippen molar-refractivity contribution in [2.24, 2.45) is 0 Å². The van der Waals surface area contributed by atoms with Crippen molar-refractivity contribution < 1.29 is 22.7 Å². The number of carbonyl (C=O) groups excluding carboxylic acids is 1. The van der Waals surface area contributed by atoms with Crippen LogP contribution in [-0.2, 0) is 17.3 Å². The summed E-state index contributed by atoms with van der Waals surface area (Å²) in [7, 11) is 0. The Morgan fingerprint density at radius 3 is 2.67 bits per heavy atom. The lowest BCUT2D eigenvalue weighted by atomic mass is 10.1. The third-order valence-electron chi connectivity index (χ3n) is 3.06. The van der Waals surface area contributed by atoms with Gasteiger partial charge in [0.05, 0.1) is 12.2 Å². The number of aromatic nitrogens is 1. The normalized spacial score (nSPS) is 11.9. The number of alkyl halides is 4. The Labute approximate surface area is 124 Å². The lowest BCUT2D eigenvalue weighted by Gasteiger charge is -2.07. The number of hydrogen-bond acceptors (Lipinski definition) is 2. The fourth-order valence-corrected chi connectivity index (χ4v) is 2.34. The van der Waals surface area contributed by atoms with Crippen LogP contribution in [0.5, 0.6) is 0 Å². The first-order valence-corrected chi connectivity index (χ1v) is 6.86. The van der Waals surface area contributed by atoms with E-state index in [1.165, 1.54) is 6.07 Å². The fourth-order valence-electron chi connectivity index (χ4n) is 2.16. The summed E-state index contributed by atoms with van der Waals surface area (Å²) in [5.74, 6) is -0.405. The van der Waals surface area contributed by atoms with Crippen LogP contribution >= 0.6 is 11.6 Å². The minimum Gasteiger partial charge on any atom is -0.461 e. The Morgan fingerprint density at radius 2 is 2.10 bits per heavy atom. The Kier molecular flexibility index (Phi) is 4.46. The molecule has 0 radical (unpaired) electrons. The number of esters is 1. The molecule has 1 N–H and O–H groups in total. The number of aromatic amines is 1. The van der Waals surface area contributed by atoms with E-state index < -0.39 is 17.7 Å². The van der Waals surface area contributed by atoms with E-state index >= 15 is 0 Å². The maximum atomic E-state index is 12.8. The topological polar surface area (TPSA) is 42.1 Å². The molecule has 0 aliphatic carbocycles. The molecular formula is C14H13ClF3NO2. The van der Waals surface area contributed by atoms with Gasteiger partial charge in [0.1, 0.15) is 5.69 Å². The average molecular weight is 320 g/mol. The predicted molar refractivity (Wildman–Crippen MR) is 73.7 cm³/mol. The van der Waals surface area contributed by atoms with Crippen LogP contribution in [-0.4, -0.2) is 23.4 Å². The van der Waals surface area contributed by atoms with E-state index in [2.05, 4.69) is 4.98 Å². The first-order valence-electron chi connectivity index (χ1n) is 6.33. The number of ether oxygens (including phenoxy) is 1. The molecule has 0 saturated carbocycles. The van der Waals surface area contributed by atoms with Gasteiger partial charge < -0.3 is 9.72 Å². The molecule has 2 rings (SSSR count). The second kappa shape index (κ2) is 5.97. The highest BCUT2D eigenvalue weighted by Gasteiger charge is 2.31. The molecule has 2 aromatic rings. The molecule has 0 aliphatic heterocycles. The number of hydrogen-bond donors (Lipinski definition) is 1. The lowest BCUT2D eigenvalue weighted by Crippen LogP contribution is -2.08. The molecule has 0 fully saturated rings. The summed E-state index contributed by atoms with van der Waals surface area (Å²) < 4.78 is 43.3. The molecule has 7 heteroatoms. The zero-order valence-electron chi connectivity index (χ0n) is 11.2. The number of aryl methyl sites for hydroxylation is 1. The minimum absolute atomic E-state index is 0.159. The van der Waals surface area contributed by atoms with E-state index in [1.807, 2.05) is 0 Å². The van der Waals surface area contributed by atoms with Crippen molar-refractivity contribution in [3.05, 3.63) is 35.0 Å². The summed E-state index contributed by atoms with van der Waals surface area (Å²) >= 11 is 5.69. The molecular weight excluding hydrogens is 307 g/mol. The summed E-state index contributed by atoms with van der Waals surface area (Å²) in [6.07, 6.45) is -4.16. The second-order valence-electron chi connectivity index (χ2n) is 4.40. The fraction of sp³-hybridized carbons (Fsp3) is 0.357. The number of nitrogens with one attached hydrogen (secondary N) is 1. The third-order valence-corrected chi connectivity index (χ3v) is 3.25. The zero-order valence-corrected chi connectivity index (χ0v) is 11.9. The van der Waals surface area contributed by atoms with Crippen molar-refractivity contribution in [2.75, 3.05) is 12.5 Å². The monoisotopic (exact) mass is 319 g/mol. The van der Waals surface area contributed by atoms with Gasteiger partial charge in [-0.2, -0.15) is 13.2 Å². The standard InChI is InChI=1S/C14H13ClF3NO2/c1-2-21-13(20)12-9(5-6-15)10-7-8(14(16,17)18)3-4-11(10)19-12/h3-4,7,19H,2,5-6H2,1H3. The van der Waals surface area contributed by atoms with Crippen molar-refractivity contribution in [3.8, 4) is 0 Å². The lowest BCUT2D eigenvalue weighted by molar-refractivity contribution is -0.137. The Bertz CT molecular complexity index is 664. The van der Waals surface area contributed by atoms with Gasteiger partial charge in [-0.15, -0.1) is 11.6 Å². The highest BCUT2D eigenvalue weighted by molar-refractivity contribution is 6.18. The van der Waals surface area contributed by atoms with Gasteiger partial charge in [0.15, 0.2) is 0 Å². The highest BCUT2D eigenvalue weighted by Crippen LogP contribution is 2.33. The number of halogens is 4. The van der Waals surface area contributed by atoms with Crippen LogP contribution in [0.1, 0.15) is 28.5 Å². The number of rotatable bonds is 4. The molecule has 21 heavy (non-hydrogen) atoms. The molecule has 0 atom stereocenters. The van der Waals surface area contributed by atoms with E-state index in [0.717, 1.165) is 12.1 Å². The Hall–Kier alpha value is -1.69. The van der Waals surface area contributed by atoms with Crippen LogP contribution in [0.25, 0.3) is 10.9 Å². The maximum absolute atomic E-state index is 12.8. The van der Waals surface area contributed by atoms with E-state index in [4.69, 9.17) is 16.3 Å². The molecule has 0 spiro atoms. The molecule has 0 saturated heterocycles. The zero-order chi connectivity index (χ0) is 15.6. The van der Waals surface area contributed by atoms with Crippen molar-refractivity contribution in [2.45, 2.75) is 19.5 Å². The van der Waals surface area contributed by atoms with Crippen LogP contribution in [0.4, 0.5) is 13.2 Å². The number of H-pyrrole nitrogens is 1. The van der Waals surface area contributed by atoms with Gasteiger partial charge in [0, 0.05) is 16.8 Å². The summed E-state index contributed by atoms with van der Waals surface area (Å²) in [4.78, 5) is 14.7. The minimum atomic E-state index is -4.44. The van der Waals surface area contributed by atoms with Gasteiger partial charge in [-0.25, -0.2) is 4.79 Å². The maximum Gasteiger partial charge on any atom is 0.416 e. The van der Waals surface area contributed by atoms with E-state index in [-0.39, 0.29) is 24.6 Å². The van der Waals surface area contributed by atoms with Gasteiger partial charge >= 0.3 is 12.1 Å². The second-order valence-corrected chi connectivity index (χ2v) is 4.77. The van der Waals surface area contributed by atoms with Crippen LogP contribution < -0.4 is 0 Å². The molecule has 0 unspecified atom stereocenters. The molecule has 3 nitrogen and oxygen atoms in total. The van der Waals surface area contributed by atoms with Gasteiger partial charge in [0.2, 0.25) is 0 Å². The predicted octanol–water partition coefficient (Wildman–Crippen LogP) is 4.14. The third kappa shape index (κ3) is 3.15. The van der Waals surface area contributed by atoms with Crippen LogP contribution in [0, 0.1) is 0 Å². The summed E-state index contributed by atoms with van der Waals surface area (Å²) in [5.41, 5.74) is 0.294. The highest BCUT2D eigenvalue weighted by atomic mass is 35.5. The van der Waals surface area contributed by atoms with Crippen molar-refractivity contribution in [1.82, 2.24) is 4.98 Å². The molecule has 1 aromatic heterocycles. The van der Waals surface area contributed by atoms with E-state index in [1.54, 1.807) is 6.92 Å². The van der Waals surface area contributed by atoms with E-state index in [0.29, 0.717) is 16.5 Å². The van der Waals surface area contributed by atoms with Gasteiger partial charge in [-0.3, -0.25) is 0 Å². The first-order chi connectivity index (χ1) is 9.88. The average Bonchev–Trinajstić information content (AvgIpc) is 2.77. The largest absolute Gasteiger partial charge is 0.461 e. The van der Waals surface area contributed by atoms with Crippen LogP contribution in [0.3, 0.4) is 0 Å². The molecule has 1 heterocycles. The SMILES string of the molecule is CCOC(=O)c1[nH]c2ccc(C(F)(F)F)cc2c1CCCl. The number of benzene rings is 1. The smallest absolute Gasteiger partial charge is 0.416 e. The summed E-state index contributed by atoms with van der Waals surface area (Å²) in [6.45, 7) is 1.84. The molecule has 0 aliphatic rings. The molecule has 0 bridgehead atoms. The summed E-state index contributed by atoms with van der Waals surface area (Å²) in [5, 5.41) is 0.341. The molecule has 1 aromatic carbocycles. The van der Waals surface area contributed by atoms with Crippen molar-refractivity contribution in [3.63, 3.8) is 0 Å². The molecule has 114 valence electrons. The first kappa shape index (κ1) is 15.7. The van der Waals surface area contributed by atoms with Gasteiger partial charge in [-0.1, -0.05) is 0 Å². The van der Waals surface area contributed by atoms with Gasteiger partial charge in [0.25, 0.3) is 0 Å².